The van der Waals surface area contributed by atoms with Gasteiger partial charge in [0.25, 0.3) is 0 Å². The smallest absolute Gasteiger partial charge is 0.664 e. The zero-order valence-electron chi connectivity index (χ0n) is 18.7. The third-order valence-corrected chi connectivity index (χ3v) is 4.97. The van der Waals surface area contributed by atoms with Gasteiger partial charge in [0, 0.05) is 35.6 Å². The van der Waals surface area contributed by atoms with Gasteiger partial charge >= 0.3 is 17.1 Å². The van der Waals surface area contributed by atoms with E-state index in [2.05, 4.69) is 50.3 Å². The van der Waals surface area contributed by atoms with E-state index in [9.17, 15) is 4.79 Å². The molecule has 0 saturated heterocycles. The van der Waals surface area contributed by atoms with Crippen molar-refractivity contribution in [3.63, 3.8) is 0 Å². The summed E-state index contributed by atoms with van der Waals surface area (Å²) in [5.74, 6) is -0.0625. The first-order chi connectivity index (χ1) is 16.0. The predicted octanol–water partition coefficient (Wildman–Crippen LogP) is 5.62. The molecule has 1 aliphatic heterocycles. The number of carbonyl (C=O) groups is 1. The van der Waals surface area contributed by atoms with E-state index in [1.165, 1.54) is 19.9 Å². The Kier molecular flexibility index (Phi) is 8.19. The molecule has 1 aromatic carbocycles. The number of aliphatic hydroxyl groups is 1. The Morgan fingerprint density at radius 3 is 2.47 bits per heavy atom. The van der Waals surface area contributed by atoms with Gasteiger partial charge in [0.15, 0.2) is 5.78 Å². The van der Waals surface area contributed by atoms with E-state index in [1.54, 1.807) is 6.20 Å². The zero-order chi connectivity index (χ0) is 23.2. The van der Waals surface area contributed by atoms with Gasteiger partial charge in [-0.2, -0.15) is 6.20 Å². The molecule has 1 aliphatic rings. The van der Waals surface area contributed by atoms with Gasteiger partial charge in [0.2, 0.25) is 0 Å². The van der Waals surface area contributed by atoms with E-state index in [0.717, 1.165) is 44.7 Å². The Morgan fingerprint density at radius 1 is 1.09 bits per heavy atom. The number of aliphatic imine (C=N–C) groups is 1. The monoisotopic (exact) mass is 498 g/mol. The number of ketones is 1. The molecule has 3 aromatic heterocycles. The summed E-state index contributed by atoms with van der Waals surface area (Å²) >= 11 is 0. The maximum Gasteiger partial charge on any atom is 1.00 e. The number of fused-ring (bicyclic) bond motifs is 1. The van der Waals surface area contributed by atoms with Crippen LogP contribution < -0.4 is 4.98 Å². The third kappa shape index (κ3) is 5.70. The van der Waals surface area contributed by atoms with Crippen molar-refractivity contribution in [2.75, 3.05) is 0 Å². The van der Waals surface area contributed by atoms with Gasteiger partial charge in [0.1, 0.15) is 5.65 Å². The van der Waals surface area contributed by atoms with Crippen molar-refractivity contribution in [2.24, 2.45) is 4.99 Å². The minimum Gasteiger partial charge on any atom is -0.664 e. The maximum absolute atomic E-state index is 10.0. The molecular formula is C27H23CuN4O2. The number of nitrogens with zero attached hydrogens (tertiary/aromatic N) is 3. The second-order valence-electron chi connectivity index (χ2n) is 7.50. The van der Waals surface area contributed by atoms with Crippen LogP contribution in [0.15, 0.2) is 102 Å². The fourth-order valence-electron chi connectivity index (χ4n) is 3.63. The zero-order valence-corrected chi connectivity index (χ0v) is 19.6. The molecule has 7 heteroatoms. The summed E-state index contributed by atoms with van der Waals surface area (Å²) in [6.07, 6.45) is 12.6. The van der Waals surface area contributed by atoms with E-state index in [4.69, 9.17) is 5.11 Å². The first kappa shape index (κ1) is 24.7. The van der Waals surface area contributed by atoms with E-state index >= 15 is 0 Å². The number of pyridine rings is 1. The second-order valence-corrected chi connectivity index (χ2v) is 7.50. The van der Waals surface area contributed by atoms with Gasteiger partial charge in [-0.3, -0.25) is 9.79 Å². The molecule has 4 aromatic rings. The number of H-pyrrole nitrogens is 1. The molecule has 0 radical (unpaired) electrons. The van der Waals surface area contributed by atoms with Crippen LogP contribution in [0.1, 0.15) is 25.1 Å². The number of hydrogen-bond donors (Lipinski definition) is 2. The molecule has 2 N–H and O–H groups in total. The van der Waals surface area contributed by atoms with Crippen molar-refractivity contribution >= 4 is 28.6 Å². The summed E-state index contributed by atoms with van der Waals surface area (Å²) in [5, 5.41) is 9.49. The fraction of sp³-hybridized carbons (Fsp3) is 0.0741. The number of aromatic amines is 1. The molecule has 5 rings (SSSR count). The van der Waals surface area contributed by atoms with E-state index in [1.807, 2.05) is 49.0 Å². The molecule has 0 atom stereocenters. The van der Waals surface area contributed by atoms with E-state index < -0.39 is 0 Å². The van der Waals surface area contributed by atoms with Gasteiger partial charge < -0.3 is 15.1 Å². The van der Waals surface area contributed by atoms with Crippen LogP contribution in [-0.2, 0) is 21.9 Å². The largest absolute Gasteiger partial charge is 1.00 e. The van der Waals surface area contributed by atoms with Crippen LogP contribution in [0.25, 0.3) is 27.7 Å². The Labute approximate surface area is 208 Å². The summed E-state index contributed by atoms with van der Waals surface area (Å²) in [7, 11) is 0. The molecular weight excluding hydrogens is 476 g/mol. The Morgan fingerprint density at radius 2 is 1.88 bits per heavy atom. The standard InChI is InChI=1S/C22H15N4.C5H8O2.Cu/c1-4-17-18(14-26-22(17)25-13-1)15-7-9-16(10-8-15)21(19-5-2-11-23-19)20-6-3-12-24-20;1-4(6)3-5(2)7;/h1-14H,(H,25,26);3,6H,1-2H3;/q-1;;+1/b21-19-;4-3-;. The van der Waals surface area contributed by atoms with Crippen LogP contribution in [0.4, 0.5) is 0 Å². The molecule has 6 nitrogen and oxygen atoms in total. The number of aliphatic hydroxyl groups excluding tert-OH is 1. The average molecular weight is 499 g/mol. The number of benzene rings is 1. The molecule has 0 spiro atoms. The van der Waals surface area contributed by atoms with Crippen molar-refractivity contribution in [1.29, 1.82) is 0 Å². The van der Waals surface area contributed by atoms with Crippen molar-refractivity contribution in [3.8, 4) is 11.1 Å². The minimum absolute atomic E-state index is 0. The van der Waals surface area contributed by atoms with Gasteiger partial charge in [-0.05, 0) is 54.8 Å². The normalized spacial score (nSPS) is 13.9. The molecule has 0 bridgehead atoms. The summed E-state index contributed by atoms with van der Waals surface area (Å²) in [4.78, 5) is 26.6. The topological polar surface area (TPSA) is 92.4 Å². The second kappa shape index (κ2) is 11.3. The molecule has 0 aliphatic carbocycles. The number of carbonyl (C=O) groups excluding carboxylic acids is 1. The van der Waals surface area contributed by atoms with Crippen LogP contribution in [0.2, 0.25) is 0 Å². The van der Waals surface area contributed by atoms with Crippen LogP contribution >= 0.6 is 0 Å². The number of allylic oxidation sites excluding steroid dienone is 4. The molecule has 0 amide bonds. The predicted molar refractivity (Wildman–Crippen MR) is 132 cm³/mol. The van der Waals surface area contributed by atoms with Crippen molar-refractivity contribution < 1.29 is 27.0 Å². The van der Waals surface area contributed by atoms with Crippen molar-refractivity contribution in [2.45, 2.75) is 13.8 Å². The summed E-state index contributed by atoms with van der Waals surface area (Å²) in [5.41, 5.74) is 7.23. The Hall–Kier alpha value is -3.93. The fourth-order valence-corrected chi connectivity index (χ4v) is 3.63. The SMILES string of the molecule is C1=C/C(=C(\c2ccc(-c3c[nH]c4ncccc34)cc2)c2ccc[n-]2)N=C1.CC(=O)/C=C(/C)O.[Cu+]. The number of aromatic nitrogens is 3. The summed E-state index contributed by atoms with van der Waals surface area (Å²) in [6, 6.07) is 16.5. The summed E-state index contributed by atoms with van der Waals surface area (Å²) < 4.78 is 0. The number of nitrogens with one attached hydrogen (secondary N) is 1. The van der Waals surface area contributed by atoms with E-state index in [-0.39, 0.29) is 28.6 Å². The first-order valence-electron chi connectivity index (χ1n) is 10.5. The number of rotatable bonds is 4. The van der Waals surface area contributed by atoms with Gasteiger partial charge in [-0.25, -0.2) is 4.98 Å². The van der Waals surface area contributed by atoms with Crippen molar-refractivity contribution in [1.82, 2.24) is 15.0 Å². The van der Waals surface area contributed by atoms with Crippen LogP contribution in [0, 0.1) is 0 Å². The molecule has 0 fully saturated rings. The Bertz CT molecular complexity index is 1370. The quantitative estimate of drug-likeness (QED) is 0.217. The third-order valence-electron chi connectivity index (χ3n) is 4.97. The molecule has 4 heterocycles. The van der Waals surface area contributed by atoms with Gasteiger partial charge in [-0.15, -0.1) is 5.69 Å². The Balaban J connectivity index is 0.000000357. The van der Waals surface area contributed by atoms with Crippen LogP contribution in [0.3, 0.4) is 0 Å². The molecule has 34 heavy (non-hydrogen) atoms. The molecule has 0 unspecified atom stereocenters. The summed E-state index contributed by atoms with van der Waals surface area (Å²) in [6.45, 7) is 2.85. The van der Waals surface area contributed by atoms with Crippen LogP contribution in [-0.4, -0.2) is 27.1 Å². The average Bonchev–Trinajstić information content (AvgIpc) is 3.57. The van der Waals surface area contributed by atoms with E-state index in [0.29, 0.717) is 0 Å². The van der Waals surface area contributed by atoms with Gasteiger partial charge in [-0.1, -0.05) is 36.4 Å². The number of hydrogen-bond acceptors (Lipinski definition) is 4. The first-order valence-corrected chi connectivity index (χ1v) is 10.5. The van der Waals surface area contributed by atoms with Crippen molar-refractivity contribution in [3.05, 3.63) is 108 Å². The molecule has 0 saturated carbocycles. The maximum atomic E-state index is 10.0. The molecule has 174 valence electrons. The van der Waals surface area contributed by atoms with Gasteiger partial charge in [0.05, 0.1) is 11.5 Å². The van der Waals surface area contributed by atoms with Crippen LogP contribution in [0.5, 0.6) is 0 Å². The minimum atomic E-state index is -0.125.